The Bertz CT molecular complexity index is 1910. The lowest BCUT2D eigenvalue weighted by Crippen LogP contribution is -2.33. The molecule has 3 nitrogen and oxygen atoms in total. The number of hydrogen-bond acceptors (Lipinski definition) is 3. The summed E-state index contributed by atoms with van der Waals surface area (Å²) in [5, 5.41) is 4.93. The molecule has 0 unspecified atom stereocenters. The second-order valence-corrected chi connectivity index (χ2v) is 12.7. The van der Waals surface area contributed by atoms with E-state index in [1.807, 2.05) is 42.5 Å². The number of fused-ring (bicyclic) bond motifs is 2. The largest absolute Gasteiger partial charge is 0.268 e. The molecule has 0 bridgehead atoms. The zero-order valence-electron chi connectivity index (χ0n) is 20.3. The molecule has 180 valence electrons. The number of hydrogen-bond donors (Lipinski definition) is 0. The van der Waals surface area contributed by atoms with Gasteiger partial charge in [0.25, 0.3) is 11.1 Å². The number of rotatable bonds is 3. The summed E-state index contributed by atoms with van der Waals surface area (Å²) in [7, 11) is 0. The van der Waals surface area contributed by atoms with Gasteiger partial charge >= 0.3 is 0 Å². The van der Waals surface area contributed by atoms with Gasteiger partial charge in [-0.1, -0.05) is 80.0 Å². The van der Waals surface area contributed by atoms with Crippen molar-refractivity contribution in [1.82, 2.24) is 4.57 Å². The van der Waals surface area contributed by atoms with E-state index in [-0.39, 0.29) is 23.0 Å². The average molecular weight is 621 g/mol. The van der Waals surface area contributed by atoms with Gasteiger partial charge in [-0.2, -0.15) is 0 Å². The Morgan fingerprint density at radius 3 is 1.89 bits per heavy atom. The van der Waals surface area contributed by atoms with Crippen LogP contribution in [-0.2, 0) is 0 Å². The van der Waals surface area contributed by atoms with E-state index in [9.17, 15) is 9.59 Å². The van der Waals surface area contributed by atoms with Crippen molar-refractivity contribution in [3.8, 4) is 5.69 Å². The van der Waals surface area contributed by atoms with Gasteiger partial charge < -0.3 is 0 Å². The smallest absolute Gasteiger partial charge is 0.266 e. The zero-order chi connectivity index (χ0) is 25.5. The van der Waals surface area contributed by atoms with Crippen molar-refractivity contribution in [1.29, 1.82) is 0 Å². The third-order valence-electron chi connectivity index (χ3n) is 7.07. The summed E-state index contributed by atoms with van der Waals surface area (Å²) >= 11 is 9.23. The van der Waals surface area contributed by atoms with Crippen LogP contribution in [0.4, 0.5) is 0 Å². The maximum Gasteiger partial charge on any atom is 0.266 e. The summed E-state index contributed by atoms with van der Waals surface area (Å²) in [5.41, 5.74) is 2.18. The molecule has 0 aliphatic carbocycles. The van der Waals surface area contributed by atoms with Crippen LogP contribution in [0.2, 0.25) is 0 Å². The van der Waals surface area contributed by atoms with Crippen LogP contribution in [0.1, 0.15) is 50.7 Å². The number of halogens is 2. The molecule has 0 saturated carbocycles. The summed E-state index contributed by atoms with van der Waals surface area (Å²) < 4.78 is 5.32. The molecule has 0 spiro atoms. The molecule has 2 heterocycles. The highest BCUT2D eigenvalue weighted by molar-refractivity contribution is 9.11. The quantitative estimate of drug-likeness (QED) is 0.146. The second-order valence-electron chi connectivity index (χ2n) is 9.90. The lowest BCUT2D eigenvalue weighted by Gasteiger charge is -2.22. The van der Waals surface area contributed by atoms with Crippen LogP contribution >= 0.6 is 43.2 Å². The van der Waals surface area contributed by atoms with Gasteiger partial charge in [0.15, 0.2) is 0 Å². The van der Waals surface area contributed by atoms with E-state index in [0.717, 1.165) is 56.7 Å². The van der Waals surface area contributed by atoms with Crippen LogP contribution in [0.3, 0.4) is 0 Å². The highest BCUT2D eigenvalue weighted by Crippen LogP contribution is 2.46. The molecular weight excluding hydrogens is 598 g/mol. The van der Waals surface area contributed by atoms with E-state index in [1.165, 1.54) is 4.57 Å². The zero-order valence-corrected chi connectivity index (χ0v) is 24.3. The summed E-state index contributed by atoms with van der Waals surface area (Å²) in [6.45, 7) is 8.40. The van der Waals surface area contributed by atoms with Gasteiger partial charge in [0.2, 0.25) is 0 Å². The normalized spacial score (nSPS) is 12.3. The molecule has 0 amide bonds. The average Bonchev–Trinajstić information content (AvgIpc) is 2.85. The fraction of sp³-hybridized carbons (Fsp3) is 0.200. The summed E-state index contributed by atoms with van der Waals surface area (Å²) in [4.78, 5) is 28.5. The van der Waals surface area contributed by atoms with Crippen molar-refractivity contribution in [3.05, 3.63) is 95.4 Å². The number of nitrogens with zero attached hydrogens (tertiary/aromatic N) is 1. The standard InChI is InChI=1S/C30H23Br2NO2S/c1-14(2)16-9-7-10-17(15(3)4)27(16)33-29(34)19-12-21(31)25-18-8-5-6-11-23(18)36-28-22(32)13-20(30(33)35)24(19)26(25)28/h5-15H,1-4H3. The van der Waals surface area contributed by atoms with E-state index < -0.39 is 0 Å². The Morgan fingerprint density at radius 1 is 0.694 bits per heavy atom. The number of pyridine rings is 1. The molecule has 6 rings (SSSR count). The third kappa shape index (κ3) is 3.27. The minimum atomic E-state index is -0.271. The van der Waals surface area contributed by atoms with Gasteiger partial charge in [0.05, 0.1) is 21.2 Å². The highest BCUT2D eigenvalue weighted by atomic mass is 79.9. The van der Waals surface area contributed by atoms with E-state index in [2.05, 4.69) is 71.7 Å². The predicted molar refractivity (Wildman–Crippen MR) is 161 cm³/mol. The maximum absolute atomic E-state index is 14.2. The number of para-hydroxylation sites is 1. The van der Waals surface area contributed by atoms with Crippen molar-refractivity contribution >= 4 is 84.9 Å². The summed E-state index contributed by atoms with van der Waals surface area (Å²) in [6, 6.07) is 18.1. The topological polar surface area (TPSA) is 39.1 Å². The molecule has 6 heteroatoms. The molecule has 0 radical (unpaired) electrons. The van der Waals surface area contributed by atoms with Crippen molar-refractivity contribution < 1.29 is 0 Å². The first kappa shape index (κ1) is 23.8. The summed E-state index contributed by atoms with van der Waals surface area (Å²) in [6.07, 6.45) is 0. The van der Waals surface area contributed by atoms with Crippen molar-refractivity contribution in [2.24, 2.45) is 0 Å². The van der Waals surface area contributed by atoms with Gasteiger partial charge in [-0.3, -0.25) is 9.59 Å². The van der Waals surface area contributed by atoms with Crippen LogP contribution in [0, 0.1) is 0 Å². The first-order chi connectivity index (χ1) is 17.2. The minimum absolute atomic E-state index is 0.155. The Balaban J connectivity index is 1.90. The second kappa shape index (κ2) is 8.51. The SMILES string of the molecule is CC(C)c1cccc(C(C)C)c1-n1c(=O)c2cc(Br)c3sc4ccccc4c4c(Br)cc(c1=O)c2c34. The van der Waals surface area contributed by atoms with E-state index in [1.54, 1.807) is 11.3 Å². The summed E-state index contributed by atoms with van der Waals surface area (Å²) in [5.74, 6) is 0.310. The highest BCUT2D eigenvalue weighted by Gasteiger charge is 2.25. The monoisotopic (exact) mass is 619 g/mol. The van der Waals surface area contributed by atoms with E-state index in [0.29, 0.717) is 10.8 Å². The number of aromatic nitrogens is 1. The van der Waals surface area contributed by atoms with Gasteiger partial charge in [0.1, 0.15) is 0 Å². The molecule has 2 aromatic heterocycles. The van der Waals surface area contributed by atoms with Gasteiger partial charge in [-0.05, 0) is 57.1 Å². The molecule has 6 aromatic rings. The Kier molecular flexibility index (Phi) is 5.63. The molecule has 0 atom stereocenters. The van der Waals surface area contributed by atoms with Gasteiger partial charge in [-0.15, -0.1) is 11.3 Å². The lowest BCUT2D eigenvalue weighted by molar-refractivity contribution is 0.792. The molecular formula is C30H23Br2NO2S. The van der Waals surface area contributed by atoms with Crippen LogP contribution in [0.25, 0.3) is 47.4 Å². The first-order valence-corrected chi connectivity index (χ1v) is 14.4. The Hall–Kier alpha value is -2.54. The van der Waals surface area contributed by atoms with Crippen LogP contribution < -0.4 is 11.1 Å². The molecule has 0 saturated heterocycles. The molecule has 4 aromatic carbocycles. The molecule has 0 fully saturated rings. The Labute approximate surface area is 229 Å². The third-order valence-corrected chi connectivity index (χ3v) is 9.78. The van der Waals surface area contributed by atoms with Crippen LogP contribution in [0.15, 0.2) is 73.1 Å². The van der Waals surface area contributed by atoms with Crippen molar-refractivity contribution in [2.75, 3.05) is 0 Å². The molecule has 36 heavy (non-hydrogen) atoms. The fourth-order valence-electron chi connectivity index (χ4n) is 5.42. The molecule has 0 aliphatic heterocycles. The lowest BCUT2D eigenvalue weighted by atomic mass is 9.92. The van der Waals surface area contributed by atoms with Crippen molar-refractivity contribution in [3.63, 3.8) is 0 Å². The van der Waals surface area contributed by atoms with E-state index >= 15 is 0 Å². The fourth-order valence-corrected chi connectivity index (χ4v) is 7.84. The predicted octanol–water partition coefficient (Wildman–Crippen LogP) is 9.08. The van der Waals surface area contributed by atoms with Crippen LogP contribution in [0.5, 0.6) is 0 Å². The Morgan fingerprint density at radius 2 is 1.28 bits per heavy atom. The van der Waals surface area contributed by atoms with E-state index in [4.69, 9.17) is 0 Å². The molecule has 0 N–H and O–H groups in total. The minimum Gasteiger partial charge on any atom is -0.268 e. The first-order valence-electron chi connectivity index (χ1n) is 12.0. The maximum atomic E-state index is 14.2. The van der Waals surface area contributed by atoms with Crippen LogP contribution in [-0.4, -0.2) is 4.57 Å². The molecule has 0 aliphatic rings. The van der Waals surface area contributed by atoms with Crippen molar-refractivity contribution in [2.45, 2.75) is 39.5 Å². The number of benzene rings is 4. The van der Waals surface area contributed by atoms with Gasteiger partial charge in [0, 0.05) is 35.2 Å². The van der Waals surface area contributed by atoms with Gasteiger partial charge in [-0.25, -0.2) is 4.57 Å².